The normalized spacial score (nSPS) is 20.7. The summed E-state index contributed by atoms with van der Waals surface area (Å²) in [4.78, 5) is 17.7. The zero-order valence-corrected chi connectivity index (χ0v) is 20.0. The summed E-state index contributed by atoms with van der Waals surface area (Å²) in [6.45, 7) is 8.40. The second kappa shape index (κ2) is 8.22. The van der Waals surface area contributed by atoms with Crippen molar-refractivity contribution < 1.29 is 4.79 Å². The van der Waals surface area contributed by atoms with Crippen LogP contribution in [0.3, 0.4) is 0 Å². The highest BCUT2D eigenvalue weighted by Gasteiger charge is 2.45. The largest absolute Gasteiger partial charge is 0.384 e. The zero-order valence-electron chi connectivity index (χ0n) is 18.4. The Labute approximate surface area is 192 Å². The van der Waals surface area contributed by atoms with E-state index in [2.05, 4.69) is 32.9 Å². The highest BCUT2D eigenvalue weighted by Crippen LogP contribution is 2.52. The maximum Gasteiger partial charge on any atom is 0.162 e. The number of rotatable bonds is 4. The highest BCUT2D eigenvalue weighted by atomic mass is 32.2. The van der Waals surface area contributed by atoms with Crippen LogP contribution in [0.2, 0.25) is 0 Å². The van der Waals surface area contributed by atoms with Crippen molar-refractivity contribution in [1.29, 1.82) is 5.26 Å². The first-order valence-electron chi connectivity index (χ1n) is 10.5. The number of thiophene rings is 1. The number of carbonyl (C=O) groups excluding carboxylic acids is 1. The van der Waals surface area contributed by atoms with E-state index >= 15 is 0 Å². The molecule has 0 radical (unpaired) electrons. The van der Waals surface area contributed by atoms with Crippen LogP contribution < -0.4 is 10.6 Å². The van der Waals surface area contributed by atoms with Crippen molar-refractivity contribution in [2.45, 2.75) is 51.3 Å². The third kappa shape index (κ3) is 3.71. The van der Waals surface area contributed by atoms with E-state index in [1.165, 1.54) is 0 Å². The Morgan fingerprint density at radius 2 is 2.03 bits per heavy atom. The topological polar surface area (TPSA) is 70.1 Å². The molecule has 0 amide bonds. The number of para-hydroxylation sites is 1. The van der Waals surface area contributed by atoms with Crippen LogP contribution in [0.5, 0.6) is 0 Å². The van der Waals surface area contributed by atoms with Gasteiger partial charge in [0.1, 0.15) is 5.82 Å². The molecule has 0 spiro atoms. The number of anilines is 1. The second-order valence-electron chi connectivity index (χ2n) is 8.85. The van der Waals surface area contributed by atoms with Gasteiger partial charge in [0.15, 0.2) is 5.78 Å². The molecule has 0 fully saturated rings. The molecule has 1 aliphatic carbocycles. The van der Waals surface area contributed by atoms with Crippen LogP contribution in [-0.4, -0.2) is 11.5 Å². The van der Waals surface area contributed by atoms with Crippen molar-refractivity contribution in [3.8, 4) is 6.07 Å². The maximum atomic E-state index is 13.6. The third-order valence-electron chi connectivity index (χ3n) is 5.96. The molecular weight excluding hydrogens is 422 g/mol. The molecule has 2 aromatic rings. The first-order chi connectivity index (χ1) is 14.8. The third-order valence-corrected chi connectivity index (χ3v) is 8.02. The summed E-state index contributed by atoms with van der Waals surface area (Å²) >= 11 is 3.35. The number of benzene rings is 1. The van der Waals surface area contributed by atoms with Gasteiger partial charge in [-0.25, -0.2) is 0 Å². The van der Waals surface area contributed by atoms with Crippen molar-refractivity contribution in [2.24, 2.45) is 11.1 Å². The second-order valence-corrected chi connectivity index (χ2v) is 11.1. The molecule has 0 bridgehead atoms. The lowest BCUT2D eigenvalue weighted by Gasteiger charge is -2.44. The Morgan fingerprint density at radius 3 is 2.71 bits per heavy atom. The predicted octanol–water partition coefficient (Wildman–Crippen LogP) is 6.11. The van der Waals surface area contributed by atoms with E-state index in [1.807, 2.05) is 41.5 Å². The molecule has 0 saturated carbocycles. The lowest BCUT2D eigenvalue weighted by molar-refractivity contribution is -0.118. The Balaban J connectivity index is 2.01. The summed E-state index contributed by atoms with van der Waals surface area (Å²) < 4.78 is 0. The van der Waals surface area contributed by atoms with Gasteiger partial charge in [-0.2, -0.15) is 5.26 Å². The van der Waals surface area contributed by atoms with Crippen LogP contribution in [0.4, 0.5) is 5.69 Å². The van der Waals surface area contributed by atoms with Gasteiger partial charge in [-0.15, -0.1) is 23.1 Å². The molecule has 1 aromatic carbocycles. The quantitative estimate of drug-likeness (QED) is 0.570. The average Bonchev–Trinajstić information content (AvgIpc) is 3.15. The Kier molecular flexibility index (Phi) is 5.76. The van der Waals surface area contributed by atoms with Crippen molar-refractivity contribution in [3.05, 3.63) is 68.8 Å². The number of allylic oxidation sites excluding steroid dienone is 3. The lowest BCUT2D eigenvalue weighted by atomic mass is 9.69. The van der Waals surface area contributed by atoms with Gasteiger partial charge in [0.25, 0.3) is 0 Å². The lowest BCUT2D eigenvalue weighted by Crippen LogP contribution is -2.42. The summed E-state index contributed by atoms with van der Waals surface area (Å²) in [5.41, 5.74) is 10.7. The molecule has 1 atom stereocenters. The average molecular weight is 450 g/mol. The Hall–Kier alpha value is -2.49. The van der Waals surface area contributed by atoms with E-state index in [4.69, 9.17) is 5.73 Å². The van der Waals surface area contributed by atoms with E-state index in [0.29, 0.717) is 17.8 Å². The molecule has 4 rings (SSSR count). The summed E-state index contributed by atoms with van der Waals surface area (Å²) in [7, 11) is 0. The van der Waals surface area contributed by atoms with Crippen LogP contribution in [-0.2, 0) is 4.79 Å². The number of thioether (sulfide) groups is 1. The van der Waals surface area contributed by atoms with E-state index in [9.17, 15) is 10.1 Å². The van der Waals surface area contributed by atoms with Crippen LogP contribution in [0, 0.1) is 23.7 Å². The van der Waals surface area contributed by atoms with Crippen molar-refractivity contribution in [2.75, 3.05) is 10.7 Å². The van der Waals surface area contributed by atoms with Crippen LogP contribution in [0.15, 0.2) is 63.3 Å². The number of aryl methyl sites for hydroxylation is 1. The molecule has 1 aliphatic heterocycles. The minimum absolute atomic E-state index is 0.121. The molecule has 0 unspecified atom stereocenters. The molecule has 0 saturated heterocycles. The monoisotopic (exact) mass is 449 g/mol. The number of nitrogens with two attached hydrogens (primary N) is 1. The first-order valence-corrected chi connectivity index (χ1v) is 12.4. The Morgan fingerprint density at radius 1 is 1.29 bits per heavy atom. The summed E-state index contributed by atoms with van der Waals surface area (Å²) in [6.07, 6.45) is 1.21. The van der Waals surface area contributed by atoms with Gasteiger partial charge in [-0.1, -0.05) is 39.0 Å². The number of ketones is 1. The van der Waals surface area contributed by atoms with Gasteiger partial charge in [0, 0.05) is 27.5 Å². The van der Waals surface area contributed by atoms with Crippen LogP contribution in [0.1, 0.15) is 50.0 Å². The van der Waals surface area contributed by atoms with Gasteiger partial charge in [-0.3, -0.25) is 9.69 Å². The SMILES string of the molecule is CCSc1ccsc1[C@@H]1C(C#N)=C(N)N(c2ccccc2C)C2=C1C(=O)CC(C)(C)C2. The highest BCUT2D eigenvalue weighted by molar-refractivity contribution is 7.99. The van der Waals surface area contributed by atoms with Gasteiger partial charge >= 0.3 is 0 Å². The van der Waals surface area contributed by atoms with E-state index < -0.39 is 5.92 Å². The molecule has 6 heteroatoms. The number of nitriles is 1. The number of hydrogen-bond donors (Lipinski definition) is 1. The van der Waals surface area contributed by atoms with Crippen molar-refractivity contribution >= 4 is 34.6 Å². The minimum Gasteiger partial charge on any atom is -0.384 e. The zero-order chi connectivity index (χ0) is 22.3. The predicted molar refractivity (Wildman–Crippen MR) is 129 cm³/mol. The fraction of sp³-hybridized carbons (Fsp3) is 0.360. The number of Topliss-reactive ketones (excluding diaryl/α,β-unsaturated/α-hetero) is 1. The number of hydrogen-bond acceptors (Lipinski definition) is 6. The molecule has 4 nitrogen and oxygen atoms in total. The molecular formula is C25H27N3OS2. The van der Waals surface area contributed by atoms with Crippen LogP contribution in [0.25, 0.3) is 0 Å². The van der Waals surface area contributed by atoms with E-state index in [-0.39, 0.29) is 11.2 Å². The summed E-state index contributed by atoms with van der Waals surface area (Å²) in [5.74, 6) is 1.10. The van der Waals surface area contributed by atoms with Crippen molar-refractivity contribution in [1.82, 2.24) is 0 Å². The van der Waals surface area contributed by atoms with Crippen molar-refractivity contribution in [3.63, 3.8) is 0 Å². The maximum absolute atomic E-state index is 13.6. The van der Waals surface area contributed by atoms with Gasteiger partial charge in [0.2, 0.25) is 0 Å². The molecule has 2 N–H and O–H groups in total. The van der Waals surface area contributed by atoms with Gasteiger partial charge < -0.3 is 5.73 Å². The summed E-state index contributed by atoms with van der Waals surface area (Å²) in [6, 6.07) is 12.5. The Bertz CT molecular complexity index is 1150. The molecule has 2 aliphatic rings. The van der Waals surface area contributed by atoms with Gasteiger partial charge in [0.05, 0.1) is 23.2 Å². The molecule has 2 heterocycles. The summed E-state index contributed by atoms with van der Waals surface area (Å²) in [5, 5.41) is 12.3. The number of carbonyl (C=O) groups is 1. The van der Waals surface area contributed by atoms with Gasteiger partial charge in [-0.05, 0) is 47.6 Å². The van der Waals surface area contributed by atoms with Crippen LogP contribution >= 0.6 is 23.1 Å². The molecule has 31 heavy (non-hydrogen) atoms. The minimum atomic E-state index is -0.391. The van der Waals surface area contributed by atoms with E-state index in [0.717, 1.165) is 44.5 Å². The smallest absolute Gasteiger partial charge is 0.162 e. The molecule has 160 valence electrons. The van der Waals surface area contributed by atoms with E-state index in [1.54, 1.807) is 23.1 Å². The fourth-order valence-corrected chi connectivity index (χ4v) is 6.70. The molecule has 1 aromatic heterocycles. The number of nitrogens with zero attached hydrogens (tertiary/aromatic N) is 2. The first kappa shape index (κ1) is 21.7. The standard InChI is InChI=1S/C25H27N3OS2/c1-5-30-20-10-11-31-23(20)21-16(14-26)24(27)28(17-9-7-6-8-15(17)2)18-12-25(3,4)13-19(29)22(18)21/h6-11,21H,5,12-13,27H2,1-4H3/t21-/m1/s1. The fourth-order valence-electron chi connectivity index (χ4n) is 4.65.